The van der Waals surface area contributed by atoms with Crippen molar-refractivity contribution in [3.8, 4) is 56.4 Å². The summed E-state index contributed by atoms with van der Waals surface area (Å²) in [6, 6.07) is 44.2. The SMILES string of the molecule is CC1(C)c2cc(-c3ccccc3)ccc2-c2cccc(-c3nc(-c4ccccc4)nc(-c4ccccc4)n3)c21. The Kier molecular flexibility index (Phi) is 5.45. The molecule has 186 valence electrons. The summed E-state index contributed by atoms with van der Waals surface area (Å²) < 4.78 is 0. The third kappa shape index (κ3) is 3.95. The maximum Gasteiger partial charge on any atom is 0.164 e. The largest absolute Gasteiger partial charge is 0.208 e. The van der Waals surface area contributed by atoms with E-state index in [-0.39, 0.29) is 5.41 Å². The molecule has 1 aromatic heterocycles. The zero-order chi connectivity index (χ0) is 26.4. The summed E-state index contributed by atoms with van der Waals surface area (Å²) in [7, 11) is 0. The molecule has 0 aliphatic heterocycles. The third-order valence-corrected chi connectivity index (χ3v) is 7.72. The zero-order valence-electron chi connectivity index (χ0n) is 22.0. The summed E-state index contributed by atoms with van der Waals surface area (Å²) in [5, 5.41) is 0. The molecule has 7 rings (SSSR count). The second-order valence-corrected chi connectivity index (χ2v) is 10.5. The van der Waals surface area contributed by atoms with Crippen LogP contribution in [0.15, 0.2) is 127 Å². The van der Waals surface area contributed by atoms with Crippen LogP contribution in [0.25, 0.3) is 56.4 Å². The van der Waals surface area contributed by atoms with Crippen LogP contribution in [-0.4, -0.2) is 15.0 Å². The van der Waals surface area contributed by atoms with Crippen LogP contribution >= 0.6 is 0 Å². The van der Waals surface area contributed by atoms with E-state index >= 15 is 0 Å². The van der Waals surface area contributed by atoms with Gasteiger partial charge >= 0.3 is 0 Å². The van der Waals surface area contributed by atoms with Gasteiger partial charge in [-0.3, -0.25) is 0 Å². The molecule has 39 heavy (non-hydrogen) atoms. The van der Waals surface area contributed by atoms with Crippen LogP contribution in [0, 0.1) is 0 Å². The molecule has 0 saturated carbocycles. The lowest BCUT2D eigenvalue weighted by Crippen LogP contribution is -2.17. The van der Waals surface area contributed by atoms with Crippen LogP contribution in [0.4, 0.5) is 0 Å². The Morgan fingerprint density at radius 2 is 0.923 bits per heavy atom. The van der Waals surface area contributed by atoms with Crippen molar-refractivity contribution in [2.45, 2.75) is 19.3 Å². The van der Waals surface area contributed by atoms with Crippen LogP contribution in [0.5, 0.6) is 0 Å². The van der Waals surface area contributed by atoms with Gasteiger partial charge in [0, 0.05) is 22.1 Å². The van der Waals surface area contributed by atoms with Crippen molar-refractivity contribution < 1.29 is 0 Å². The molecule has 5 aromatic carbocycles. The molecule has 0 amide bonds. The molecular formula is C36H27N3. The second-order valence-electron chi connectivity index (χ2n) is 10.5. The highest BCUT2D eigenvalue weighted by molar-refractivity contribution is 5.89. The molecule has 0 atom stereocenters. The van der Waals surface area contributed by atoms with Crippen molar-refractivity contribution in [3.63, 3.8) is 0 Å². The summed E-state index contributed by atoms with van der Waals surface area (Å²) in [5.74, 6) is 2.05. The van der Waals surface area contributed by atoms with E-state index in [9.17, 15) is 0 Å². The molecule has 0 saturated heterocycles. The van der Waals surface area contributed by atoms with Gasteiger partial charge in [0.25, 0.3) is 0 Å². The van der Waals surface area contributed by atoms with E-state index in [1.807, 2.05) is 60.7 Å². The molecule has 1 aliphatic rings. The molecule has 0 N–H and O–H groups in total. The molecule has 3 heteroatoms. The van der Waals surface area contributed by atoms with E-state index in [1.54, 1.807) is 0 Å². The second kappa shape index (κ2) is 9.14. The lowest BCUT2D eigenvalue weighted by molar-refractivity contribution is 0.661. The molecule has 3 nitrogen and oxygen atoms in total. The highest BCUT2D eigenvalue weighted by atomic mass is 15.0. The first-order valence-electron chi connectivity index (χ1n) is 13.3. The average Bonchev–Trinajstić information content (AvgIpc) is 3.24. The number of aromatic nitrogens is 3. The van der Waals surface area contributed by atoms with Gasteiger partial charge in [-0.25, -0.2) is 15.0 Å². The number of rotatable bonds is 4. The van der Waals surface area contributed by atoms with Gasteiger partial charge in [-0.2, -0.15) is 0 Å². The molecule has 0 spiro atoms. The minimum absolute atomic E-state index is 0.224. The molecule has 1 heterocycles. The van der Waals surface area contributed by atoms with Gasteiger partial charge in [-0.15, -0.1) is 0 Å². The third-order valence-electron chi connectivity index (χ3n) is 7.72. The summed E-state index contributed by atoms with van der Waals surface area (Å²) >= 11 is 0. The lowest BCUT2D eigenvalue weighted by Gasteiger charge is -2.24. The molecule has 0 radical (unpaired) electrons. The summed E-state index contributed by atoms with van der Waals surface area (Å²) in [6.45, 7) is 4.63. The van der Waals surface area contributed by atoms with Gasteiger partial charge in [-0.05, 0) is 39.4 Å². The molecule has 0 fully saturated rings. The monoisotopic (exact) mass is 501 g/mol. The van der Waals surface area contributed by atoms with Gasteiger partial charge < -0.3 is 0 Å². The van der Waals surface area contributed by atoms with E-state index in [0.717, 1.165) is 16.7 Å². The van der Waals surface area contributed by atoms with E-state index in [1.165, 1.54) is 33.4 Å². The van der Waals surface area contributed by atoms with E-state index < -0.39 is 0 Å². The number of hydrogen-bond acceptors (Lipinski definition) is 3. The van der Waals surface area contributed by atoms with E-state index in [2.05, 4.69) is 80.6 Å². The minimum atomic E-state index is -0.224. The van der Waals surface area contributed by atoms with E-state index in [0.29, 0.717) is 17.5 Å². The first-order chi connectivity index (χ1) is 19.1. The smallest absolute Gasteiger partial charge is 0.164 e. The fraction of sp³-hybridized carbons (Fsp3) is 0.0833. The van der Waals surface area contributed by atoms with Gasteiger partial charge in [0.1, 0.15) is 0 Å². The van der Waals surface area contributed by atoms with Crippen molar-refractivity contribution in [2.24, 2.45) is 0 Å². The topological polar surface area (TPSA) is 38.7 Å². The summed E-state index contributed by atoms with van der Waals surface area (Å²) in [4.78, 5) is 15.0. The van der Waals surface area contributed by atoms with Gasteiger partial charge in [0.15, 0.2) is 17.5 Å². The quantitative estimate of drug-likeness (QED) is 0.242. The number of hydrogen-bond donors (Lipinski definition) is 0. The maximum absolute atomic E-state index is 5.05. The Bertz CT molecular complexity index is 1750. The van der Waals surface area contributed by atoms with Crippen LogP contribution in [0.1, 0.15) is 25.0 Å². The number of benzene rings is 5. The van der Waals surface area contributed by atoms with Crippen molar-refractivity contribution in [1.82, 2.24) is 15.0 Å². The molecule has 0 bridgehead atoms. The number of nitrogens with zero attached hydrogens (tertiary/aromatic N) is 3. The fourth-order valence-corrected chi connectivity index (χ4v) is 5.81. The van der Waals surface area contributed by atoms with Gasteiger partial charge in [0.2, 0.25) is 0 Å². The first-order valence-corrected chi connectivity index (χ1v) is 13.3. The Labute approximate surface area is 228 Å². The minimum Gasteiger partial charge on any atom is -0.208 e. The lowest BCUT2D eigenvalue weighted by atomic mass is 9.79. The predicted octanol–water partition coefficient (Wildman–Crippen LogP) is 8.85. The van der Waals surface area contributed by atoms with Crippen LogP contribution < -0.4 is 0 Å². The summed E-state index contributed by atoms with van der Waals surface area (Å²) in [6.07, 6.45) is 0. The van der Waals surface area contributed by atoms with Crippen molar-refractivity contribution in [1.29, 1.82) is 0 Å². The fourth-order valence-electron chi connectivity index (χ4n) is 5.81. The van der Waals surface area contributed by atoms with Crippen LogP contribution in [0.2, 0.25) is 0 Å². The molecule has 6 aromatic rings. The van der Waals surface area contributed by atoms with Crippen molar-refractivity contribution in [2.75, 3.05) is 0 Å². The van der Waals surface area contributed by atoms with Crippen molar-refractivity contribution >= 4 is 0 Å². The predicted molar refractivity (Wildman–Crippen MR) is 159 cm³/mol. The van der Waals surface area contributed by atoms with Gasteiger partial charge in [0.05, 0.1) is 0 Å². The normalized spacial score (nSPS) is 13.1. The zero-order valence-corrected chi connectivity index (χ0v) is 22.0. The van der Waals surface area contributed by atoms with Crippen molar-refractivity contribution in [3.05, 3.63) is 139 Å². The van der Waals surface area contributed by atoms with Crippen LogP contribution in [0.3, 0.4) is 0 Å². The van der Waals surface area contributed by atoms with Gasteiger partial charge in [-0.1, -0.05) is 135 Å². The van der Waals surface area contributed by atoms with Crippen LogP contribution in [-0.2, 0) is 5.41 Å². The average molecular weight is 502 g/mol. The molecule has 1 aliphatic carbocycles. The molecular weight excluding hydrogens is 474 g/mol. The maximum atomic E-state index is 5.05. The Morgan fingerprint density at radius 3 is 1.51 bits per heavy atom. The highest BCUT2D eigenvalue weighted by Crippen LogP contribution is 2.52. The van der Waals surface area contributed by atoms with E-state index in [4.69, 9.17) is 15.0 Å². The summed E-state index contributed by atoms with van der Waals surface area (Å²) in [5.41, 5.74) is 10.3. The highest BCUT2D eigenvalue weighted by Gasteiger charge is 2.38. The first kappa shape index (κ1) is 23.2. The Balaban J connectivity index is 1.43. The number of fused-ring (bicyclic) bond motifs is 3. The molecule has 0 unspecified atom stereocenters. The Morgan fingerprint density at radius 1 is 0.410 bits per heavy atom. The Hall–Kier alpha value is -4.89. The standard InChI is InChI=1S/C36H27N3/c1-36(2)31-23-27(24-13-6-3-7-14-24)21-22-28(31)29-19-12-20-30(32(29)36)35-38-33(25-15-8-4-9-16-25)37-34(39-35)26-17-10-5-11-18-26/h3-23H,1-2H3.